The second-order valence-electron chi connectivity index (χ2n) is 6.32. The van der Waals surface area contributed by atoms with Gasteiger partial charge in [-0.2, -0.15) is 0 Å². The highest BCUT2D eigenvalue weighted by molar-refractivity contribution is 7.80. The van der Waals surface area contributed by atoms with E-state index in [-0.39, 0.29) is 11.0 Å². The fourth-order valence-corrected chi connectivity index (χ4v) is 3.65. The second kappa shape index (κ2) is 9.06. The average Bonchev–Trinajstić information content (AvgIpc) is 2.68. The summed E-state index contributed by atoms with van der Waals surface area (Å²) in [5.41, 5.74) is 2.18. The third kappa shape index (κ3) is 4.90. The monoisotopic (exact) mass is 403 g/mol. The molecule has 1 saturated heterocycles. The summed E-state index contributed by atoms with van der Waals surface area (Å²) in [5.74, 6) is 0.160. The summed E-state index contributed by atoms with van der Waals surface area (Å²) >= 11 is 11.7. The van der Waals surface area contributed by atoms with E-state index in [0.717, 1.165) is 24.5 Å². The molecule has 5 nitrogen and oxygen atoms in total. The summed E-state index contributed by atoms with van der Waals surface area (Å²) in [6, 6.07) is 12.7. The summed E-state index contributed by atoms with van der Waals surface area (Å²) in [5, 5.41) is 6.54. The number of ether oxygens (including phenoxy) is 1. The van der Waals surface area contributed by atoms with Crippen LogP contribution in [0.4, 0.5) is 11.4 Å². The van der Waals surface area contributed by atoms with E-state index in [9.17, 15) is 4.79 Å². The van der Waals surface area contributed by atoms with Gasteiger partial charge in [-0.15, -0.1) is 0 Å². The Labute approximate surface area is 169 Å². The zero-order valence-corrected chi connectivity index (χ0v) is 16.7. The number of methoxy groups -OCH3 is 1. The van der Waals surface area contributed by atoms with Crippen LogP contribution in [-0.2, 0) is 0 Å². The number of piperidine rings is 1. The average molecular weight is 404 g/mol. The Morgan fingerprint density at radius 1 is 1.15 bits per heavy atom. The molecule has 0 aromatic heterocycles. The summed E-state index contributed by atoms with van der Waals surface area (Å²) < 4.78 is 5.21. The van der Waals surface area contributed by atoms with Crippen LogP contribution in [0, 0.1) is 0 Å². The summed E-state index contributed by atoms with van der Waals surface area (Å²) in [4.78, 5) is 14.7. The molecule has 0 atom stereocenters. The molecule has 0 bridgehead atoms. The number of nitrogens with zero attached hydrogens (tertiary/aromatic N) is 1. The molecule has 0 radical (unpaired) electrons. The van der Waals surface area contributed by atoms with Crippen molar-refractivity contribution in [2.45, 2.75) is 19.3 Å². The van der Waals surface area contributed by atoms with Gasteiger partial charge in [0.2, 0.25) is 0 Å². The highest BCUT2D eigenvalue weighted by Crippen LogP contribution is 2.30. The number of carbonyl (C=O) groups excluding carboxylic acids is 1. The zero-order chi connectivity index (χ0) is 19.2. The largest absolute Gasteiger partial charge is 0.496 e. The minimum atomic E-state index is -0.332. The molecular formula is C20H22ClN3O2S. The van der Waals surface area contributed by atoms with E-state index in [1.165, 1.54) is 26.4 Å². The van der Waals surface area contributed by atoms with Crippen LogP contribution in [-0.4, -0.2) is 31.2 Å². The smallest absolute Gasteiger partial charge is 0.261 e. The van der Waals surface area contributed by atoms with E-state index in [1.807, 2.05) is 18.2 Å². The van der Waals surface area contributed by atoms with E-state index in [4.69, 9.17) is 28.6 Å². The topological polar surface area (TPSA) is 53.6 Å². The van der Waals surface area contributed by atoms with Crippen LogP contribution >= 0.6 is 23.8 Å². The maximum atomic E-state index is 12.4. The van der Waals surface area contributed by atoms with Gasteiger partial charge in [0.25, 0.3) is 5.91 Å². The minimum absolute atomic E-state index is 0.202. The van der Waals surface area contributed by atoms with Gasteiger partial charge in [0.15, 0.2) is 5.11 Å². The molecule has 0 saturated carbocycles. The quantitative estimate of drug-likeness (QED) is 0.738. The molecule has 1 heterocycles. The standard InChI is InChI=1S/C20H22ClN3O2S/c1-26-18-8-4-3-7-15(18)19(25)23-20(27)22-14-9-10-17(16(21)13-14)24-11-5-2-6-12-24/h3-4,7-10,13H,2,5-6,11-12H2,1H3,(H2,22,23,25,27). The van der Waals surface area contributed by atoms with Crippen molar-refractivity contribution in [1.29, 1.82) is 0 Å². The lowest BCUT2D eigenvalue weighted by molar-refractivity contribution is 0.0975. The molecule has 1 aliphatic rings. The fraction of sp³-hybridized carbons (Fsp3) is 0.300. The second-order valence-corrected chi connectivity index (χ2v) is 7.14. The van der Waals surface area contributed by atoms with Gasteiger partial charge in [-0.25, -0.2) is 0 Å². The molecule has 2 N–H and O–H groups in total. The molecule has 1 amide bonds. The van der Waals surface area contributed by atoms with Crippen molar-refractivity contribution in [3.05, 3.63) is 53.1 Å². The number of benzene rings is 2. The minimum Gasteiger partial charge on any atom is -0.496 e. The molecule has 7 heteroatoms. The number of anilines is 2. The number of nitrogens with one attached hydrogen (secondary N) is 2. The molecule has 3 rings (SSSR count). The van der Waals surface area contributed by atoms with E-state index in [0.29, 0.717) is 16.3 Å². The van der Waals surface area contributed by atoms with Gasteiger partial charge in [0.05, 0.1) is 23.4 Å². The molecule has 2 aromatic carbocycles. The number of rotatable bonds is 4. The van der Waals surface area contributed by atoms with Crippen LogP contribution in [0.15, 0.2) is 42.5 Å². The van der Waals surface area contributed by atoms with Crippen molar-refractivity contribution in [2.75, 3.05) is 30.4 Å². The Balaban J connectivity index is 1.63. The fourth-order valence-electron chi connectivity index (χ4n) is 3.14. The number of para-hydroxylation sites is 1. The summed E-state index contributed by atoms with van der Waals surface area (Å²) in [6.07, 6.45) is 3.65. The van der Waals surface area contributed by atoms with Gasteiger partial charge in [0, 0.05) is 18.8 Å². The van der Waals surface area contributed by atoms with Gasteiger partial charge >= 0.3 is 0 Å². The molecule has 2 aromatic rings. The lowest BCUT2D eigenvalue weighted by Crippen LogP contribution is -2.34. The van der Waals surface area contributed by atoms with Crippen LogP contribution in [0.2, 0.25) is 5.02 Å². The highest BCUT2D eigenvalue weighted by atomic mass is 35.5. The molecule has 0 spiro atoms. The maximum Gasteiger partial charge on any atom is 0.261 e. The van der Waals surface area contributed by atoms with Gasteiger partial charge < -0.3 is 15.0 Å². The van der Waals surface area contributed by atoms with Gasteiger partial charge in [-0.3, -0.25) is 10.1 Å². The zero-order valence-electron chi connectivity index (χ0n) is 15.1. The van der Waals surface area contributed by atoms with Crippen molar-refractivity contribution >= 4 is 46.2 Å². The highest BCUT2D eigenvalue weighted by Gasteiger charge is 2.15. The number of carbonyl (C=O) groups is 1. The van der Waals surface area contributed by atoms with Gasteiger partial charge in [0.1, 0.15) is 5.75 Å². The molecule has 1 aliphatic heterocycles. The van der Waals surface area contributed by atoms with Crippen LogP contribution in [0.1, 0.15) is 29.6 Å². The number of amides is 1. The van der Waals surface area contributed by atoms with Crippen molar-refractivity contribution in [1.82, 2.24) is 5.32 Å². The van der Waals surface area contributed by atoms with E-state index >= 15 is 0 Å². The number of halogens is 1. The van der Waals surface area contributed by atoms with Crippen LogP contribution in [0.5, 0.6) is 5.75 Å². The van der Waals surface area contributed by atoms with Crippen LogP contribution < -0.4 is 20.3 Å². The molecule has 27 heavy (non-hydrogen) atoms. The lowest BCUT2D eigenvalue weighted by atomic mass is 10.1. The first kappa shape index (κ1) is 19.5. The molecular weight excluding hydrogens is 382 g/mol. The van der Waals surface area contributed by atoms with Crippen molar-refractivity contribution < 1.29 is 9.53 Å². The number of hydrogen-bond acceptors (Lipinski definition) is 4. The summed E-state index contributed by atoms with van der Waals surface area (Å²) in [6.45, 7) is 2.06. The van der Waals surface area contributed by atoms with Crippen LogP contribution in [0.3, 0.4) is 0 Å². The lowest BCUT2D eigenvalue weighted by Gasteiger charge is -2.29. The molecule has 1 fully saturated rings. The molecule has 142 valence electrons. The Kier molecular flexibility index (Phi) is 6.53. The van der Waals surface area contributed by atoms with Crippen molar-refractivity contribution in [2.24, 2.45) is 0 Å². The first-order valence-electron chi connectivity index (χ1n) is 8.88. The van der Waals surface area contributed by atoms with Gasteiger partial charge in [-0.05, 0) is 61.8 Å². The molecule has 0 unspecified atom stereocenters. The maximum absolute atomic E-state index is 12.4. The van der Waals surface area contributed by atoms with Crippen molar-refractivity contribution in [3.63, 3.8) is 0 Å². The van der Waals surface area contributed by atoms with Gasteiger partial charge in [-0.1, -0.05) is 23.7 Å². The van der Waals surface area contributed by atoms with E-state index < -0.39 is 0 Å². The Morgan fingerprint density at radius 3 is 2.59 bits per heavy atom. The first-order chi connectivity index (χ1) is 13.1. The Hall–Kier alpha value is -2.31. The van der Waals surface area contributed by atoms with Crippen molar-refractivity contribution in [3.8, 4) is 5.75 Å². The Morgan fingerprint density at radius 2 is 1.89 bits per heavy atom. The third-order valence-electron chi connectivity index (χ3n) is 4.48. The first-order valence-corrected chi connectivity index (χ1v) is 9.67. The number of hydrogen-bond donors (Lipinski definition) is 2. The van der Waals surface area contributed by atoms with E-state index in [2.05, 4.69) is 15.5 Å². The SMILES string of the molecule is COc1ccccc1C(=O)NC(=S)Nc1ccc(N2CCCCC2)c(Cl)c1. The van der Waals surface area contributed by atoms with E-state index in [1.54, 1.807) is 24.3 Å². The predicted octanol–water partition coefficient (Wildman–Crippen LogP) is 4.47. The summed E-state index contributed by atoms with van der Waals surface area (Å²) in [7, 11) is 1.52. The number of thiocarbonyl (C=S) groups is 1. The Bertz CT molecular complexity index is 838. The predicted molar refractivity (Wildman–Crippen MR) is 114 cm³/mol. The third-order valence-corrected chi connectivity index (χ3v) is 4.99. The normalized spacial score (nSPS) is 13.8. The van der Waals surface area contributed by atoms with Crippen LogP contribution in [0.25, 0.3) is 0 Å². The molecule has 0 aliphatic carbocycles.